The largest absolute Gasteiger partial charge is 0.466 e. The summed E-state index contributed by atoms with van der Waals surface area (Å²) in [6, 6.07) is 7.86. The van der Waals surface area contributed by atoms with E-state index in [-0.39, 0.29) is 11.9 Å². The Morgan fingerprint density at radius 3 is 2.28 bits per heavy atom. The van der Waals surface area contributed by atoms with Crippen LogP contribution in [0.25, 0.3) is 0 Å². The zero-order chi connectivity index (χ0) is 19.3. The molecule has 0 saturated heterocycles. The van der Waals surface area contributed by atoms with E-state index < -0.39 is 5.41 Å². The van der Waals surface area contributed by atoms with E-state index in [1.807, 2.05) is 52.0 Å². The van der Waals surface area contributed by atoms with Gasteiger partial charge in [0.15, 0.2) is 0 Å². The molecule has 142 valence electrons. The van der Waals surface area contributed by atoms with E-state index in [2.05, 4.69) is 10.1 Å². The third kappa shape index (κ3) is 6.86. The number of hydrogen-bond acceptors (Lipinski definition) is 4. The summed E-state index contributed by atoms with van der Waals surface area (Å²) in [4.78, 5) is 22.2. The lowest BCUT2D eigenvalue weighted by atomic mass is 9.81. The second kappa shape index (κ2) is 12.5. The fourth-order valence-corrected chi connectivity index (χ4v) is 2.39. The number of carbonyl (C=O) groups excluding carboxylic acids is 2. The van der Waals surface area contributed by atoms with Crippen LogP contribution >= 0.6 is 0 Å². The van der Waals surface area contributed by atoms with Crippen molar-refractivity contribution >= 4 is 17.6 Å². The van der Waals surface area contributed by atoms with E-state index in [1.165, 1.54) is 0 Å². The highest BCUT2D eigenvalue weighted by molar-refractivity contribution is 6.05. The summed E-state index contributed by atoms with van der Waals surface area (Å²) in [5.74, 6) is -0.0455. The Balaban J connectivity index is 0.000000544. The van der Waals surface area contributed by atoms with Gasteiger partial charge in [-0.1, -0.05) is 39.0 Å². The van der Waals surface area contributed by atoms with Crippen LogP contribution < -0.4 is 5.32 Å². The summed E-state index contributed by atoms with van der Waals surface area (Å²) in [5, 5.41) is 2.92. The van der Waals surface area contributed by atoms with Gasteiger partial charge in [0.05, 0.1) is 12.0 Å². The molecule has 1 unspecified atom stereocenters. The molecule has 0 aliphatic carbocycles. The van der Waals surface area contributed by atoms with E-state index in [0.717, 1.165) is 17.7 Å². The van der Waals surface area contributed by atoms with Crippen LogP contribution in [0.15, 0.2) is 24.3 Å². The van der Waals surface area contributed by atoms with Crippen molar-refractivity contribution in [1.29, 1.82) is 0 Å². The van der Waals surface area contributed by atoms with Gasteiger partial charge in [0.1, 0.15) is 0 Å². The summed E-state index contributed by atoms with van der Waals surface area (Å²) < 4.78 is 9.90. The second-order valence-corrected chi connectivity index (χ2v) is 5.44. The smallest absolute Gasteiger partial charge is 0.305 e. The maximum atomic E-state index is 12.0. The molecule has 0 bridgehead atoms. The number of ether oxygens (including phenoxy) is 2. The normalized spacial score (nSPS) is 17.3. The van der Waals surface area contributed by atoms with Crippen molar-refractivity contribution in [3.05, 3.63) is 29.8 Å². The number of anilines is 1. The first-order chi connectivity index (χ1) is 12.0. The first kappa shape index (κ1) is 23.1. The van der Waals surface area contributed by atoms with Gasteiger partial charge in [-0.15, -0.1) is 0 Å². The number of rotatable bonds is 6. The van der Waals surface area contributed by atoms with Gasteiger partial charge in [-0.05, 0) is 38.8 Å². The van der Waals surface area contributed by atoms with Gasteiger partial charge >= 0.3 is 5.97 Å². The molecular formula is C20H33NO4. The Hall–Kier alpha value is -1.88. The average Bonchev–Trinajstić information content (AvgIpc) is 2.89. The molecular weight excluding hydrogens is 318 g/mol. The minimum Gasteiger partial charge on any atom is -0.466 e. The predicted molar refractivity (Wildman–Crippen MR) is 102 cm³/mol. The highest BCUT2D eigenvalue weighted by Gasteiger charge is 2.41. The highest BCUT2D eigenvalue weighted by atomic mass is 16.5. The van der Waals surface area contributed by atoms with E-state index in [9.17, 15) is 9.59 Å². The van der Waals surface area contributed by atoms with E-state index in [0.29, 0.717) is 26.2 Å². The number of benzene rings is 1. The molecule has 5 heteroatoms. The Kier molecular flexibility index (Phi) is 11.5. The van der Waals surface area contributed by atoms with Crippen molar-refractivity contribution in [2.75, 3.05) is 25.1 Å². The first-order valence-electron chi connectivity index (χ1n) is 9.13. The predicted octanol–water partition coefficient (Wildman–Crippen LogP) is 4.31. The summed E-state index contributed by atoms with van der Waals surface area (Å²) in [6.45, 7) is 13.3. The molecule has 1 amide bonds. The summed E-state index contributed by atoms with van der Waals surface area (Å²) in [7, 11) is 0. The lowest BCUT2D eigenvalue weighted by Gasteiger charge is -2.21. The van der Waals surface area contributed by atoms with Gasteiger partial charge in [-0.25, -0.2) is 0 Å². The fourth-order valence-electron chi connectivity index (χ4n) is 2.39. The number of esters is 1. The van der Waals surface area contributed by atoms with Gasteiger partial charge in [0, 0.05) is 25.3 Å². The lowest BCUT2D eigenvalue weighted by Crippen LogP contribution is -2.32. The summed E-state index contributed by atoms with van der Waals surface area (Å²) >= 11 is 0. The van der Waals surface area contributed by atoms with Crippen molar-refractivity contribution in [2.24, 2.45) is 0 Å². The van der Waals surface area contributed by atoms with Crippen LogP contribution in [0.4, 0.5) is 5.69 Å². The molecule has 5 nitrogen and oxygen atoms in total. The first-order valence-corrected chi connectivity index (χ1v) is 9.13. The molecule has 0 fully saturated rings. The molecule has 1 aliphatic heterocycles. The third-order valence-electron chi connectivity index (χ3n) is 3.82. The molecule has 2 rings (SSSR count). The van der Waals surface area contributed by atoms with E-state index in [4.69, 9.17) is 4.74 Å². The minimum atomic E-state index is -0.439. The second-order valence-electron chi connectivity index (χ2n) is 5.44. The van der Waals surface area contributed by atoms with Gasteiger partial charge in [0.25, 0.3) is 0 Å². The van der Waals surface area contributed by atoms with Crippen LogP contribution in [0.3, 0.4) is 0 Å². The number of hydrogen-bond donors (Lipinski definition) is 1. The van der Waals surface area contributed by atoms with Crippen molar-refractivity contribution in [2.45, 2.75) is 59.8 Å². The molecule has 0 saturated carbocycles. The zero-order valence-corrected chi connectivity index (χ0v) is 16.5. The van der Waals surface area contributed by atoms with Crippen LogP contribution in [0.1, 0.15) is 59.9 Å². The third-order valence-corrected chi connectivity index (χ3v) is 3.82. The molecule has 1 aromatic rings. The molecule has 1 aliphatic rings. The van der Waals surface area contributed by atoms with Crippen molar-refractivity contribution < 1.29 is 19.1 Å². The van der Waals surface area contributed by atoms with Crippen molar-refractivity contribution in [3.8, 4) is 0 Å². The number of nitrogens with one attached hydrogen (secondary N) is 1. The molecule has 1 aromatic carbocycles. The van der Waals surface area contributed by atoms with Gasteiger partial charge < -0.3 is 14.8 Å². The van der Waals surface area contributed by atoms with Gasteiger partial charge in [-0.3, -0.25) is 9.59 Å². The highest BCUT2D eigenvalue weighted by Crippen LogP contribution is 2.39. The fraction of sp³-hybridized carbons (Fsp3) is 0.600. The standard InChI is InChI=1S/C13H17NO2.C5H10O2.C2H6/c1-3-16-9-8-13(2)10-6-4-5-7-11(10)14-12(13)15;1-3-5(6)7-4-2;1-2/h4-7H,3,8-9H2,1-2H3,(H,14,15);3-4H2,1-2H3;1-2H3. The number of amides is 1. The summed E-state index contributed by atoms with van der Waals surface area (Å²) in [5.41, 5.74) is 1.58. The maximum Gasteiger partial charge on any atom is 0.305 e. The van der Waals surface area contributed by atoms with Crippen LogP contribution in [0.5, 0.6) is 0 Å². The quantitative estimate of drug-likeness (QED) is 0.613. The number of fused-ring (bicyclic) bond motifs is 1. The SMILES string of the molecule is CC.CCOC(=O)CC.CCOCCC1(C)C(=O)Nc2ccccc21. The molecule has 25 heavy (non-hydrogen) atoms. The molecule has 0 aromatic heterocycles. The molecule has 0 radical (unpaired) electrons. The number of carbonyl (C=O) groups is 2. The van der Waals surface area contributed by atoms with Crippen LogP contribution in [0, 0.1) is 0 Å². The van der Waals surface area contributed by atoms with Gasteiger partial charge in [-0.2, -0.15) is 0 Å². The van der Waals surface area contributed by atoms with Crippen LogP contribution in [-0.4, -0.2) is 31.7 Å². The van der Waals surface area contributed by atoms with Crippen molar-refractivity contribution in [3.63, 3.8) is 0 Å². The van der Waals surface area contributed by atoms with E-state index in [1.54, 1.807) is 13.8 Å². The number of para-hydroxylation sites is 1. The Bertz CT molecular complexity index is 530. The Morgan fingerprint density at radius 1 is 1.12 bits per heavy atom. The molecule has 1 heterocycles. The molecule has 0 spiro atoms. The molecule has 1 atom stereocenters. The van der Waals surface area contributed by atoms with Crippen molar-refractivity contribution in [1.82, 2.24) is 0 Å². The maximum absolute atomic E-state index is 12.0. The van der Waals surface area contributed by atoms with Crippen LogP contribution in [0.2, 0.25) is 0 Å². The lowest BCUT2D eigenvalue weighted by molar-refractivity contribution is -0.142. The summed E-state index contributed by atoms with van der Waals surface area (Å²) in [6.07, 6.45) is 1.21. The van der Waals surface area contributed by atoms with Crippen LogP contribution in [-0.2, 0) is 24.5 Å². The Morgan fingerprint density at radius 2 is 1.76 bits per heavy atom. The van der Waals surface area contributed by atoms with E-state index >= 15 is 0 Å². The zero-order valence-electron chi connectivity index (χ0n) is 16.5. The Labute approximate surface area is 152 Å². The topological polar surface area (TPSA) is 64.6 Å². The monoisotopic (exact) mass is 351 g/mol. The molecule has 1 N–H and O–H groups in total. The average molecular weight is 351 g/mol. The minimum absolute atomic E-state index is 0.0772. The van der Waals surface area contributed by atoms with Gasteiger partial charge in [0.2, 0.25) is 5.91 Å².